The fourth-order valence-electron chi connectivity index (χ4n) is 2.30. The molecule has 1 aromatic heterocycles. The fourth-order valence-corrected chi connectivity index (χ4v) is 2.30. The molecule has 0 atom stereocenters. The first-order valence-electron chi connectivity index (χ1n) is 7.97. The quantitative estimate of drug-likeness (QED) is 0.826. The van der Waals surface area contributed by atoms with Crippen LogP contribution in [0.1, 0.15) is 47.3 Å². The average Bonchev–Trinajstić information content (AvgIpc) is 2.56. The van der Waals surface area contributed by atoms with Gasteiger partial charge in [-0.3, -0.25) is 9.59 Å². The van der Waals surface area contributed by atoms with E-state index in [0.29, 0.717) is 22.9 Å². The largest absolute Gasteiger partial charge is 0.341 e. The highest BCUT2D eigenvalue weighted by atomic mass is 16.2. The Kier molecular flexibility index (Phi) is 5.63. The van der Waals surface area contributed by atoms with Crippen LogP contribution < -0.4 is 10.2 Å². The van der Waals surface area contributed by atoms with Gasteiger partial charge >= 0.3 is 0 Å². The van der Waals surface area contributed by atoms with E-state index in [4.69, 9.17) is 0 Å². The van der Waals surface area contributed by atoms with E-state index in [9.17, 15) is 9.59 Å². The number of benzene rings is 1. The van der Waals surface area contributed by atoms with Crippen LogP contribution in [0.4, 0.5) is 11.6 Å². The summed E-state index contributed by atoms with van der Waals surface area (Å²) >= 11 is 0. The summed E-state index contributed by atoms with van der Waals surface area (Å²) in [5.41, 5.74) is 2.28. The number of aryl methyl sites for hydroxylation is 1. The van der Waals surface area contributed by atoms with Crippen molar-refractivity contribution in [2.75, 3.05) is 23.3 Å². The molecule has 24 heavy (non-hydrogen) atoms. The summed E-state index contributed by atoms with van der Waals surface area (Å²) in [5.74, 6) is 0.240. The summed E-state index contributed by atoms with van der Waals surface area (Å²) in [6, 6.07) is 8.43. The molecule has 0 saturated carbocycles. The molecule has 6 nitrogen and oxygen atoms in total. The number of nitrogens with one attached hydrogen (secondary N) is 1. The molecule has 0 aliphatic rings. The lowest BCUT2D eigenvalue weighted by Gasteiger charge is -2.19. The standard InChI is InChI=1S/C18H22N4O2/c1-5-22(6-2)18-19-12(3)11-16(21-18)17(24)20-15-9-7-14(8-10-15)13(4)23/h7-11H,5-6H2,1-4H3,(H,20,24). The number of hydrogen-bond donors (Lipinski definition) is 1. The van der Waals surface area contributed by atoms with Gasteiger partial charge in [0.15, 0.2) is 5.78 Å². The molecule has 1 N–H and O–H groups in total. The van der Waals surface area contributed by atoms with Gasteiger partial charge in [0.05, 0.1) is 0 Å². The van der Waals surface area contributed by atoms with Crippen LogP contribution in [0.15, 0.2) is 30.3 Å². The van der Waals surface area contributed by atoms with Gasteiger partial charge in [-0.05, 0) is 58.0 Å². The Labute approximate surface area is 141 Å². The number of rotatable bonds is 6. The van der Waals surface area contributed by atoms with Crippen LogP contribution >= 0.6 is 0 Å². The molecule has 2 aromatic rings. The Morgan fingerprint density at radius 1 is 1.08 bits per heavy atom. The Morgan fingerprint density at radius 2 is 1.71 bits per heavy atom. The van der Waals surface area contributed by atoms with Crippen molar-refractivity contribution in [3.8, 4) is 0 Å². The van der Waals surface area contributed by atoms with Crippen LogP contribution in [0, 0.1) is 6.92 Å². The van der Waals surface area contributed by atoms with E-state index in [1.165, 1.54) is 6.92 Å². The molecule has 0 fully saturated rings. The van der Waals surface area contributed by atoms with Gasteiger partial charge in [-0.15, -0.1) is 0 Å². The van der Waals surface area contributed by atoms with E-state index in [1.54, 1.807) is 30.3 Å². The molecule has 0 aliphatic heterocycles. The Balaban J connectivity index is 2.21. The maximum absolute atomic E-state index is 12.4. The zero-order chi connectivity index (χ0) is 17.7. The van der Waals surface area contributed by atoms with Crippen molar-refractivity contribution in [3.63, 3.8) is 0 Å². The molecular weight excluding hydrogens is 304 g/mol. The Morgan fingerprint density at radius 3 is 2.25 bits per heavy atom. The van der Waals surface area contributed by atoms with Crippen molar-refractivity contribution in [2.24, 2.45) is 0 Å². The van der Waals surface area contributed by atoms with Crippen molar-refractivity contribution in [2.45, 2.75) is 27.7 Å². The van der Waals surface area contributed by atoms with Crippen molar-refractivity contribution < 1.29 is 9.59 Å². The zero-order valence-electron chi connectivity index (χ0n) is 14.5. The van der Waals surface area contributed by atoms with Crippen LogP contribution in [0.3, 0.4) is 0 Å². The van der Waals surface area contributed by atoms with Crippen molar-refractivity contribution in [3.05, 3.63) is 47.3 Å². The average molecular weight is 326 g/mol. The Hall–Kier alpha value is -2.76. The molecule has 0 spiro atoms. The van der Waals surface area contributed by atoms with E-state index >= 15 is 0 Å². The number of hydrogen-bond acceptors (Lipinski definition) is 5. The third-order valence-corrected chi connectivity index (χ3v) is 3.67. The van der Waals surface area contributed by atoms with Crippen LogP contribution in [0.5, 0.6) is 0 Å². The minimum atomic E-state index is -0.301. The highest BCUT2D eigenvalue weighted by Crippen LogP contribution is 2.14. The predicted molar refractivity (Wildman–Crippen MR) is 94.7 cm³/mol. The second-order valence-corrected chi connectivity index (χ2v) is 5.45. The monoisotopic (exact) mass is 326 g/mol. The van der Waals surface area contributed by atoms with Gasteiger partial charge in [-0.1, -0.05) is 0 Å². The first kappa shape index (κ1) is 17.6. The summed E-state index contributed by atoms with van der Waals surface area (Å²) in [6.45, 7) is 8.93. The minimum Gasteiger partial charge on any atom is -0.341 e. The van der Waals surface area contributed by atoms with E-state index in [-0.39, 0.29) is 11.7 Å². The van der Waals surface area contributed by atoms with Crippen LogP contribution in [-0.4, -0.2) is 34.7 Å². The summed E-state index contributed by atoms with van der Waals surface area (Å²) in [5, 5.41) is 2.79. The van der Waals surface area contributed by atoms with Gasteiger partial charge in [0.1, 0.15) is 5.69 Å². The van der Waals surface area contributed by atoms with Gasteiger partial charge in [-0.25, -0.2) is 9.97 Å². The second-order valence-electron chi connectivity index (χ2n) is 5.45. The number of anilines is 2. The molecule has 0 bridgehead atoms. The van der Waals surface area contributed by atoms with E-state index in [0.717, 1.165) is 18.8 Å². The molecule has 1 aromatic carbocycles. The summed E-state index contributed by atoms with van der Waals surface area (Å²) < 4.78 is 0. The highest BCUT2D eigenvalue weighted by molar-refractivity contribution is 6.03. The SMILES string of the molecule is CCN(CC)c1nc(C)cc(C(=O)Nc2ccc(C(C)=O)cc2)n1. The van der Waals surface area contributed by atoms with Crippen molar-refractivity contribution in [1.29, 1.82) is 0 Å². The lowest BCUT2D eigenvalue weighted by Crippen LogP contribution is -2.26. The number of aromatic nitrogens is 2. The van der Waals surface area contributed by atoms with E-state index < -0.39 is 0 Å². The van der Waals surface area contributed by atoms with Crippen LogP contribution in [-0.2, 0) is 0 Å². The molecule has 126 valence electrons. The van der Waals surface area contributed by atoms with E-state index in [2.05, 4.69) is 15.3 Å². The Bertz CT molecular complexity index is 737. The normalized spacial score (nSPS) is 10.3. The lowest BCUT2D eigenvalue weighted by molar-refractivity contribution is 0.101. The molecule has 6 heteroatoms. The third kappa shape index (κ3) is 4.16. The third-order valence-electron chi connectivity index (χ3n) is 3.67. The molecule has 0 saturated heterocycles. The molecule has 1 heterocycles. The first-order chi connectivity index (χ1) is 11.4. The molecule has 1 amide bonds. The number of nitrogens with zero attached hydrogens (tertiary/aromatic N) is 3. The maximum atomic E-state index is 12.4. The van der Waals surface area contributed by atoms with Gasteiger partial charge in [0.2, 0.25) is 5.95 Å². The van der Waals surface area contributed by atoms with Crippen molar-refractivity contribution in [1.82, 2.24) is 9.97 Å². The second kappa shape index (κ2) is 7.68. The number of amides is 1. The van der Waals surface area contributed by atoms with E-state index in [1.807, 2.05) is 25.7 Å². The van der Waals surface area contributed by atoms with Gasteiger partial charge in [0.25, 0.3) is 5.91 Å². The van der Waals surface area contributed by atoms with Gasteiger partial charge in [-0.2, -0.15) is 0 Å². The summed E-state index contributed by atoms with van der Waals surface area (Å²) in [4.78, 5) is 34.5. The van der Waals surface area contributed by atoms with Gasteiger partial charge < -0.3 is 10.2 Å². The fraction of sp³-hybridized carbons (Fsp3) is 0.333. The van der Waals surface area contributed by atoms with Gasteiger partial charge in [0, 0.05) is 30.0 Å². The summed E-state index contributed by atoms with van der Waals surface area (Å²) in [6.07, 6.45) is 0. The molecular formula is C18H22N4O2. The predicted octanol–water partition coefficient (Wildman–Crippen LogP) is 3.09. The van der Waals surface area contributed by atoms with Crippen LogP contribution in [0.2, 0.25) is 0 Å². The molecule has 0 radical (unpaired) electrons. The minimum absolute atomic E-state index is 0.0110. The van der Waals surface area contributed by atoms with Crippen molar-refractivity contribution >= 4 is 23.3 Å². The lowest BCUT2D eigenvalue weighted by atomic mass is 10.1. The number of ketones is 1. The smallest absolute Gasteiger partial charge is 0.274 e. The maximum Gasteiger partial charge on any atom is 0.274 e. The zero-order valence-corrected chi connectivity index (χ0v) is 14.5. The molecule has 0 aliphatic carbocycles. The number of Topliss-reactive ketones (excluding diaryl/α,β-unsaturated/α-hetero) is 1. The van der Waals surface area contributed by atoms with Crippen LogP contribution in [0.25, 0.3) is 0 Å². The highest BCUT2D eigenvalue weighted by Gasteiger charge is 2.14. The topological polar surface area (TPSA) is 75.2 Å². The first-order valence-corrected chi connectivity index (χ1v) is 7.97. The summed E-state index contributed by atoms with van der Waals surface area (Å²) in [7, 11) is 0. The molecule has 0 unspecified atom stereocenters. The number of carbonyl (C=O) groups excluding carboxylic acids is 2. The number of carbonyl (C=O) groups is 2. The molecule has 2 rings (SSSR count).